The summed E-state index contributed by atoms with van der Waals surface area (Å²) in [7, 11) is 0. The average Bonchev–Trinajstić information content (AvgIpc) is 3.74. The normalized spacial score (nSPS) is 11.5. The summed E-state index contributed by atoms with van der Waals surface area (Å²) in [6, 6.07) is 85.5. The zero-order valence-electron chi connectivity index (χ0n) is 33.9. The van der Waals surface area contributed by atoms with Crippen molar-refractivity contribution in [1.29, 1.82) is 0 Å². The highest BCUT2D eigenvalue weighted by molar-refractivity contribution is 6.19. The van der Waals surface area contributed by atoms with Crippen LogP contribution in [0.25, 0.3) is 98.8 Å². The summed E-state index contributed by atoms with van der Waals surface area (Å²) in [5.74, 6) is 0. The molecule has 1 aromatic heterocycles. The third-order valence-electron chi connectivity index (χ3n) is 12.4. The molecule has 0 atom stereocenters. The molecule has 1 heterocycles. The summed E-state index contributed by atoms with van der Waals surface area (Å²) >= 11 is 0. The van der Waals surface area contributed by atoms with E-state index in [2.05, 4.69) is 241 Å². The molecular formula is C60H39NO. The Morgan fingerprint density at radius 2 is 0.774 bits per heavy atom. The first kappa shape index (κ1) is 35.7. The standard InChI is InChI=1S/C60H39NO/c1-3-14-45-38-49(25-23-40(45)11-1)43-29-34-52(35-30-43)61(51-32-27-42(28-33-51)47-16-9-17-48(37-47)50-26-24-41-12-2-4-15-46(41)39-50)57-21-8-7-19-54(57)55-20-10-22-58-59(55)56-36-31-44-13-5-6-18-53(44)60(56)62-58/h1-39H. The van der Waals surface area contributed by atoms with Crippen molar-refractivity contribution in [1.82, 2.24) is 0 Å². The zero-order chi connectivity index (χ0) is 41.0. The molecule has 62 heavy (non-hydrogen) atoms. The van der Waals surface area contributed by atoms with Gasteiger partial charge in [0.1, 0.15) is 11.2 Å². The van der Waals surface area contributed by atoms with Crippen LogP contribution in [0.5, 0.6) is 0 Å². The van der Waals surface area contributed by atoms with Gasteiger partial charge in [-0.3, -0.25) is 0 Å². The van der Waals surface area contributed by atoms with E-state index in [9.17, 15) is 0 Å². The SMILES string of the molecule is c1cc(-c2ccc(N(c3ccc(-c4ccc5ccccc5c4)cc3)c3ccccc3-c3cccc4oc5c6ccccc6ccc5c34)cc2)cc(-c2ccc3ccccc3c2)c1. The van der Waals surface area contributed by atoms with Crippen molar-refractivity contribution >= 4 is 71.3 Å². The van der Waals surface area contributed by atoms with Crippen molar-refractivity contribution in [3.05, 3.63) is 237 Å². The lowest BCUT2D eigenvalue weighted by atomic mass is 9.95. The van der Waals surface area contributed by atoms with Crippen LogP contribution >= 0.6 is 0 Å². The smallest absolute Gasteiger partial charge is 0.143 e. The van der Waals surface area contributed by atoms with Crippen molar-refractivity contribution in [3.8, 4) is 44.5 Å². The van der Waals surface area contributed by atoms with Gasteiger partial charge in [-0.05, 0) is 127 Å². The van der Waals surface area contributed by atoms with Crippen LogP contribution in [0.1, 0.15) is 0 Å². The monoisotopic (exact) mass is 789 g/mol. The second-order valence-corrected chi connectivity index (χ2v) is 16.1. The minimum absolute atomic E-state index is 0.880. The van der Waals surface area contributed by atoms with E-state index < -0.39 is 0 Å². The topological polar surface area (TPSA) is 16.4 Å². The first-order valence-corrected chi connectivity index (χ1v) is 21.2. The number of fused-ring (bicyclic) bond motifs is 7. The maximum absolute atomic E-state index is 6.68. The Bertz CT molecular complexity index is 3630. The zero-order valence-corrected chi connectivity index (χ0v) is 33.9. The summed E-state index contributed by atoms with van der Waals surface area (Å²) in [5.41, 5.74) is 14.4. The van der Waals surface area contributed by atoms with E-state index in [1.165, 1.54) is 54.7 Å². The molecule has 0 radical (unpaired) electrons. The van der Waals surface area contributed by atoms with Gasteiger partial charge in [0.25, 0.3) is 0 Å². The van der Waals surface area contributed by atoms with Gasteiger partial charge in [0, 0.05) is 33.1 Å². The third-order valence-corrected chi connectivity index (χ3v) is 12.4. The van der Waals surface area contributed by atoms with Gasteiger partial charge in [-0.15, -0.1) is 0 Å². The van der Waals surface area contributed by atoms with E-state index in [0.717, 1.165) is 61.1 Å². The maximum atomic E-state index is 6.68. The lowest BCUT2D eigenvalue weighted by molar-refractivity contribution is 0.673. The third kappa shape index (κ3) is 6.20. The summed E-state index contributed by atoms with van der Waals surface area (Å²) < 4.78 is 6.68. The number of hydrogen-bond acceptors (Lipinski definition) is 2. The number of para-hydroxylation sites is 1. The van der Waals surface area contributed by atoms with Crippen LogP contribution in [0.15, 0.2) is 241 Å². The molecule has 0 spiro atoms. The van der Waals surface area contributed by atoms with Crippen molar-refractivity contribution in [2.75, 3.05) is 4.90 Å². The van der Waals surface area contributed by atoms with Crippen LogP contribution in [0, 0.1) is 0 Å². The fraction of sp³-hybridized carbons (Fsp3) is 0. The molecule has 12 rings (SSSR count). The molecule has 12 aromatic rings. The Hall–Kier alpha value is -8.20. The number of benzene rings is 11. The summed E-state index contributed by atoms with van der Waals surface area (Å²) in [4.78, 5) is 2.39. The van der Waals surface area contributed by atoms with Gasteiger partial charge in [-0.1, -0.05) is 176 Å². The van der Waals surface area contributed by atoms with Crippen molar-refractivity contribution in [2.24, 2.45) is 0 Å². The molecular weight excluding hydrogens is 751 g/mol. The minimum Gasteiger partial charge on any atom is -0.455 e. The second kappa shape index (κ2) is 14.8. The van der Waals surface area contributed by atoms with E-state index in [4.69, 9.17) is 4.42 Å². The summed E-state index contributed by atoms with van der Waals surface area (Å²) in [6.45, 7) is 0. The molecule has 0 fully saturated rings. The highest BCUT2D eigenvalue weighted by Crippen LogP contribution is 2.46. The molecule has 0 amide bonds. The maximum Gasteiger partial charge on any atom is 0.143 e. The summed E-state index contributed by atoms with van der Waals surface area (Å²) in [6.07, 6.45) is 0. The van der Waals surface area contributed by atoms with Gasteiger partial charge in [-0.2, -0.15) is 0 Å². The largest absolute Gasteiger partial charge is 0.455 e. The van der Waals surface area contributed by atoms with Crippen LogP contribution in [-0.4, -0.2) is 0 Å². The predicted octanol–water partition coefficient (Wildman–Crippen LogP) is 17.2. The Morgan fingerprint density at radius 3 is 1.45 bits per heavy atom. The van der Waals surface area contributed by atoms with Gasteiger partial charge in [0.05, 0.1) is 5.69 Å². The first-order chi connectivity index (χ1) is 30.7. The molecule has 0 saturated carbocycles. The Kier molecular flexibility index (Phi) is 8.53. The molecule has 0 saturated heterocycles. The van der Waals surface area contributed by atoms with E-state index in [0.29, 0.717) is 0 Å². The van der Waals surface area contributed by atoms with Gasteiger partial charge in [0.15, 0.2) is 0 Å². The van der Waals surface area contributed by atoms with Crippen molar-refractivity contribution in [3.63, 3.8) is 0 Å². The fourth-order valence-corrected chi connectivity index (χ4v) is 9.32. The van der Waals surface area contributed by atoms with Crippen LogP contribution in [0.2, 0.25) is 0 Å². The Labute approximate surface area is 360 Å². The number of rotatable bonds is 7. The van der Waals surface area contributed by atoms with Gasteiger partial charge < -0.3 is 9.32 Å². The predicted molar refractivity (Wildman–Crippen MR) is 263 cm³/mol. The molecule has 0 aliphatic heterocycles. The van der Waals surface area contributed by atoms with Crippen LogP contribution in [0.4, 0.5) is 17.1 Å². The number of hydrogen-bond donors (Lipinski definition) is 0. The molecule has 2 heteroatoms. The van der Waals surface area contributed by atoms with E-state index >= 15 is 0 Å². The number of furan rings is 1. The Balaban J connectivity index is 0.984. The molecule has 11 aromatic carbocycles. The highest BCUT2D eigenvalue weighted by Gasteiger charge is 2.21. The molecule has 290 valence electrons. The minimum atomic E-state index is 0.880. The number of nitrogens with zero attached hydrogens (tertiary/aromatic N) is 1. The quantitative estimate of drug-likeness (QED) is 0.160. The van der Waals surface area contributed by atoms with Gasteiger partial charge in [0.2, 0.25) is 0 Å². The molecule has 2 nitrogen and oxygen atoms in total. The lowest BCUT2D eigenvalue weighted by Gasteiger charge is -2.28. The molecule has 0 bridgehead atoms. The fourth-order valence-electron chi connectivity index (χ4n) is 9.32. The van der Waals surface area contributed by atoms with Crippen molar-refractivity contribution in [2.45, 2.75) is 0 Å². The van der Waals surface area contributed by atoms with Crippen LogP contribution < -0.4 is 4.90 Å². The van der Waals surface area contributed by atoms with Crippen molar-refractivity contribution < 1.29 is 4.42 Å². The molecule has 0 N–H and O–H groups in total. The average molecular weight is 790 g/mol. The van der Waals surface area contributed by atoms with Crippen LogP contribution in [0.3, 0.4) is 0 Å². The first-order valence-electron chi connectivity index (χ1n) is 21.2. The Morgan fingerprint density at radius 1 is 0.290 bits per heavy atom. The van der Waals surface area contributed by atoms with Crippen LogP contribution in [-0.2, 0) is 0 Å². The van der Waals surface area contributed by atoms with Gasteiger partial charge in [-0.25, -0.2) is 0 Å². The van der Waals surface area contributed by atoms with Gasteiger partial charge >= 0.3 is 0 Å². The second-order valence-electron chi connectivity index (χ2n) is 16.1. The molecule has 0 aliphatic carbocycles. The molecule has 0 unspecified atom stereocenters. The van der Waals surface area contributed by atoms with E-state index in [-0.39, 0.29) is 0 Å². The highest BCUT2D eigenvalue weighted by atomic mass is 16.3. The number of anilines is 3. The van der Waals surface area contributed by atoms with E-state index in [1.54, 1.807) is 0 Å². The summed E-state index contributed by atoms with van der Waals surface area (Å²) in [5, 5.41) is 9.51. The lowest BCUT2D eigenvalue weighted by Crippen LogP contribution is -2.11. The van der Waals surface area contributed by atoms with E-state index in [1.807, 2.05) is 0 Å². The molecule has 0 aliphatic rings.